The summed E-state index contributed by atoms with van der Waals surface area (Å²) in [6.45, 7) is 9.50. The van der Waals surface area contributed by atoms with Crippen LogP contribution in [0.15, 0.2) is 17.3 Å². The van der Waals surface area contributed by atoms with Crippen LogP contribution in [-0.4, -0.2) is 29.6 Å². The lowest BCUT2D eigenvalue weighted by Crippen LogP contribution is -2.36. The third-order valence-electron chi connectivity index (χ3n) is 2.18. The molecule has 86 valence electrons. The Morgan fingerprint density at radius 2 is 2.00 bits per heavy atom. The van der Waals surface area contributed by atoms with Crippen molar-refractivity contribution in [3.63, 3.8) is 0 Å². The van der Waals surface area contributed by atoms with E-state index in [9.17, 15) is 4.79 Å². The van der Waals surface area contributed by atoms with Gasteiger partial charge < -0.3 is 4.90 Å². The minimum absolute atomic E-state index is 0.0920. The first-order valence-electron chi connectivity index (χ1n) is 5.80. The molecule has 1 aliphatic rings. The Hall–Kier alpha value is -1.12. The number of rotatable bonds is 3. The van der Waals surface area contributed by atoms with Gasteiger partial charge in [0.05, 0.1) is 0 Å². The van der Waals surface area contributed by atoms with Crippen LogP contribution in [0.25, 0.3) is 0 Å². The highest BCUT2D eigenvalue weighted by Crippen LogP contribution is 2.05. The largest absolute Gasteiger partial charge is 0.338 e. The Labute approximate surface area is 92.9 Å². The lowest BCUT2D eigenvalue weighted by molar-refractivity contribution is -0.123. The molecule has 0 fully saturated rings. The van der Waals surface area contributed by atoms with Gasteiger partial charge in [0.15, 0.2) is 0 Å². The van der Waals surface area contributed by atoms with E-state index in [4.69, 9.17) is 0 Å². The summed E-state index contributed by atoms with van der Waals surface area (Å²) in [7, 11) is 0. The molecule has 1 heterocycles. The molecule has 3 heteroatoms. The SMILES string of the molecule is CC.CCN(CC)C(=O)C1=NC=CCC1. The smallest absolute Gasteiger partial charge is 0.268 e. The van der Waals surface area contributed by atoms with Crippen molar-refractivity contribution in [2.75, 3.05) is 13.1 Å². The van der Waals surface area contributed by atoms with Gasteiger partial charge in [-0.1, -0.05) is 19.9 Å². The third-order valence-corrected chi connectivity index (χ3v) is 2.18. The molecule has 0 aromatic carbocycles. The molecule has 15 heavy (non-hydrogen) atoms. The van der Waals surface area contributed by atoms with E-state index in [0.717, 1.165) is 25.9 Å². The normalized spacial score (nSPS) is 13.7. The van der Waals surface area contributed by atoms with Crippen LogP contribution in [0.1, 0.15) is 40.5 Å². The maximum atomic E-state index is 11.7. The monoisotopic (exact) mass is 210 g/mol. The van der Waals surface area contributed by atoms with Gasteiger partial charge in [-0.25, -0.2) is 0 Å². The third kappa shape index (κ3) is 4.28. The maximum Gasteiger partial charge on any atom is 0.268 e. The van der Waals surface area contributed by atoms with E-state index in [1.54, 1.807) is 11.1 Å². The van der Waals surface area contributed by atoms with E-state index in [1.807, 2.05) is 33.8 Å². The molecular formula is C12H22N2O. The van der Waals surface area contributed by atoms with Crippen LogP contribution in [0.2, 0.25) is 0 Å². The zero-order valence-corrected chi connectivity index (χ0v) is 10.3. The Kier molecular flexibility index (Phi) is 7.60. The highest BCUT2D eigenvalue weighted by molar-refractivity contribution is 6.39. The van der Waals surface area contributed by atoms with Crippen LogP contribution in [0.3, 0.4) is 0 Å². The Bertz CT molecular complexity index is 240. The molecule has 0 saturated carbocycles. The van der Waals surface area contributed by atoms with Crippen molar-refractivity contribution in [1.82, 2.24) is 4.90 Å². The Morgan fingerprint density at radius 3 is 2.40 bits per heavy atom. The Balaban J connectivity index is 0.000000921. The van der Waals surface area contributed by atoms with Gasteiger partial charge in [-0.2, -0.15) is 0 Å². The summed E-state index contributed by atoms with van der Waals surface area (Å²) in [5.41, 5.74) is 0.700. The van der Waals surface area contributed by atoms with Gasteiger partial charge in [-0.15, -0.1) is 0 Å². The van der Waals surface area contributed by atoms with E-state index in [0.29, 0.717) is 5.71 Å². The maximum absolute atomic E-state index is 11.7. The quantitative estimate of drug-likeness (QED) is 0.704. The first-order valence-corrected chi connectivity index (χ1v) is 5.80. The molecule has 1 amide bonds. The number of nitrogens with zero attached hydrogens (tertiary/aromatic N) is 2. The topological polar surface area (TPSA) is 32.7 Å². The molecule has 0 aromatic rings. The van der Waals surface area contributed by atoms with E-state index in [1.165, 1.54) is 0 Å². The molecule has 0 spiro atoms. The molecule has 1 rings (SSSR count). The van der Waals surface area contributed by atoms with Gasteiger partial charge in [-0.05, 0) is 26.7 Å². The van der Waals surface area contributed by atoms with Gasteiger partial charge in [0.25, 0.3) is 5.91 Å². The highest BCUT2D eigenvalue weighted by Gasteiger charge is 2.16. The molecule has 3 nitrogen and oxygen atoms in total. The molecule has 0 N–H and O–H groups in total. The fraction of sp³-hybridized carbons (Fsp3) is 0.667. The van der Waals surface area contributed by atoms with Crippen molar-refractivity contribution < 1.29 is 4.79 Å². The van der Waals surface area contributed by atoms with E-state index in [-0.39, 0.29) is 5.91 Å². The number of hydrogen-bond donors (Lipinski definition) is 0. The van der Waals surface area contributed by atoms with Crippen LogP contribution in [-0.2, 0) is 4.79 Å². The number of amides is 1. The predicted octanol–water partition coefficient (Wildman–Crippen LogP) is 2.63. The van der Waals surface area contributed by atoms with Crippen LogP contribution in [0.4, 0.5) is 0 Å². The summed E-state index contributed by atoms with van der Waals surface area (Å²) in [4.78, 5) is 17.6. The summed E-state index contributed by atoms with van der Waals surface area (Å²) in [6, 6.07) is 0. The van der Waals surface area contributed by atoms with Crippen molar-refractivity contribution in [3.05, 3.63) is 12.3 Å². The molecule has 0 saturated heterocycles. The van der Waals surface area contributed by atoms with E-state index < -0.39 is 0 Å². The minimum atomic E-state index is 0.0920. The van der Waals surface area contributed by atoms with Crippen molar-refractivity contribution in [2.45, 2.75) is 40.5 Å². The second-order valence-electron chi connectivity index (χ2n) is 2.98. The van der Waals surface area contributed by atoms with Crippen molar-refractivity contribution >= 4 is 11.6 Å². The average Bonchev–Trinajstić information content (AvgIpc) is 2.34. The summed E-state index contributed by atoms with van der Waals surface area (Å²) >= 11 is 0. The fourth-order valence-electron chi connectivity index (χ4n) is 1.36. The zero-order chi connectivity index (χ0) is 11.7. The van der Waals surface area contributed by atoms with Crippen molar-refractivity contribution in [1.29, 1.82) is 0 Å². The standard InChI is InChI=1S/C10H16N2O.C2H6/c1-3-12(4-2)10(13)9-7-5-6-8-11-9;1-2/h6,8H,3-5,7H2,1-2H3;1-2H3. The minimum Gasteiger partial charge on any atom is -0.338 e. The van der Waals surface area contributed by atoms with Crippen LogP contribution in [0.5, 0.6) is 0 Å². The van der Waals surface area contributed by atoms with Crippen LogP contribution in [0, 0.1) is 0 Å². The molecular weight excluding hydrogens is 188 g/mol. The molecule has 0 bridgehead atoms. The van der Waals surface area contributed by atoms with Gasteiger partial charge >= 0.3 is 0 Å². The fourth-order valence-corrected chi connectivity index (χ4v) is 1.36. The molecule has 0 aliphatic carbocycles. The molecule has 0 aromatic heterocycles. The lowest BCUT2D eigenvalue weighted by atomic mass is 10.1. The first-order chi connectivity index (χ1) is 7.29. The number of allylic oxidation sites excluding steroid dienone is 1. The van der Waals surface area contributed by atoms with Crippen LogP contribution < -0.4 is 0 Å². The summed E-state index contributed by atoms with van der Waals surface area (Å²) in [6.07, 6.45) is 5.43. The van der Waals surface area contributed by atoms with Crippen molar-refractivity contribution in [2.24, 2.45) is 4.99 Å². The van der Waals surface area contributed by atoms with Gasteiger partial charge in [0, 0.05) is 19.3 Å². The first kappa shape index (κ1) is 13.9. The Morgan fingerprint density at radius 1 is 1.40 bits per heavy atom. The average molecular weight is 210 g/mol. The van der Waals surface area contributed by atoms with Gasteiger partial charge in [-0.3, -0.25) is 9.79 Å². The van der Waals surface area contributed by atoms with E-state index >= 15 is 0 Å². The molecule has 0 atom stereocenters. The van der Waals surface area contributed by atoms with E-state index in [2.05, 4.69) is 4.99 Å². The lowest BCUT2D eigenvalue weighted by Gasteiger charge is -2.19. The summed E-state index contributed by atoms with van der Waals surface area (Å²) in [5.74, 6) is 0.0920. The van der Waals surface area contributed by atoms with Crippen molar-refractivity contribution in [3.8, 4) is 0 Å². The van der Waals surface area contributed by atoms with Gasteiger partial charge in [0.2, 0.25) is 0 Å². The number of hydrogen-bond acceptors (Lipinski definition) is 2. The summed E-state index contributed by atoms with van der Waals surface area (Å²) in [5, 5.41) is 0. The second-order valence-corrected chi connectivity index (χ2v) is 2.98. The number of carbonyl (C=O) groups is 1. The predicted molar refractivity (Wildman–Crippen MR) is 65.1 cm³/mol. The molecule has 0 unspecified atom stereocenters. The second kappa shape index (κ2) is 8.21. The van der Waals surface area contributed by atoms with Gasteiger partial charge in [0.1, 0.15) is 5.71 Å². The zero-order valence-electron chi connectivity index (χ0n) is 10.3. The molecule has 0 radical (unpaired) electrons. The molecule has 1 aliphatic heterocycles. The number of aliphatic imine (C=N–C) groups is 1. The summed E-state index contributed by atoms with van der Waals surface area (Å²) < 4.78 is 0. The highest BCUT2D eigenvalue weighted by atomic mass is 16.2. The number of carbonyl (C=O) groups excluding carboxylic acids is 1. The van der Waals surface area contributed by atoms with Crippen LogP contribution >= 0.6 is 0 Å².